The van der Waals surface area contributed by atoms with Gasteiger partial charge >= 0.3 is 0 Å². The first kappa shape index (κ1) is 22.8. The molecule has 172 valence electrons. The van der Waals surface area contributed by atoms with Crippen LogP contribution < -0.4 is 4.90 Å². The van der Waals surface area contributed by atoms with Crippen molar-refractivity contribution >= 4 is 11.7 Å². The van der Waals surface area contributed by atoms with Gasteiger partial charge in [-0.3, -0.25) is 4.79 Å². The number of amides is 1. The Hall–Kier alpha value is -2.43. The topological polar surface area (TPSA) is 49.3 Å². The number of hydrogen-bond donors (Lipinski definition) is 0. The molecule has 1 saturated carbocycles. The maximum absolute atomic E-state index is 12.8. The van der Waals surface area contributed by atoms with E-state index in [1.165, 1.54) is 42.4 Å². The molecular formula is C27H38N4O. The number of nitrogens with zero attached hydrogens (tertiary/aromatic N) is 4. The summed E-state index contributed by atoms with van der Waals surface area (Å²) in [4.78, 5) is 26.9. The number of aromatic nitrogens is 2. The zero-order chi connectivity index (χ0) is 22.5. The molecule has 0 bridgehead atoms. The van der Waals surface area contributed by atoms with E-state index in [0.717, 1.165) is 75.1 Å². The van der Waals surface area contributed by atoms with Crippen LogP contribution in [0.25, 0.3) is 0 Å². The lowest BCUT2D eigenvalue weighted by molar-refractivity contribution is -0.131. The number of hydrogen-bond acceptors (Lipinski definition) is 4. The van der Waals surface area contributed by atoms with Crippen LogP contribution in [0.3, 0.4) is 0 Å². The smallest absolute Gasteiger partial charge is 0.222 e. The fourth-order valence-corrected chi connectivity index (χ4v) is 5.24. The van der Waals surface area contributed by atoms with E-state index < -0.39 is 0 Å². The normalized spacial score (nSPS) is 17.2. The predicted molar refractivity (Wildman–Crippen MR) is 130 cm³/mol. The minimum absolute atomic E-state index is 0.338. The van der Waals surface area contributed by atoms with Crippen LogP contribution >= 0.6 is 0 Å². The molecule has 0 unspecified atom stereocenters. The van der Waals surface area contributed by atoms with E-state index in [-0.39, 0.29) is 0 Å². The van der Waals surface area contributed by atoms with Crippen molar-refractivity contribution < 1.29 is 4.79 Å². The molecule has 4 rings (SSSR count). The number of aryl methyl sites for hydroxylation is 3. The van der Waals surface area contributed by atoms with Crippen molar-refractivity contribution in [2.24, 2.45) is 5.92 Å². The number of carbonyl (C=O) groups excluding carboxylic acids is 1. The number of rotatable bonds is 7. The predicted octanol–water partition coefficient (Wildman–Crippen LogP) is 4.87. The summed E-state index contributed by atoms with van der Waals surface area (Å²) < 4.78 is 0. The summed E-state index contributed by atoms with van der Waals surface area (Å²) in [6, 6.07) is 8.76. The zero-order valence-corrected chi connectivity index (χ0v) is 20.1. The molecule has 0 spiro atoms. The van der Waals surface area contributed by atoms with Crippen molar-refractivity contribution in [1.82, 2.24) is 14.9 Å². The fraction of sp³-hybridized carbons (Fsp3) is 0.593. The molecule has 32 heavy (non-hydrogen) atoms. The molecule has 5 nitrogen and oxygen atoms in total. The molecule has 1 aliphatic carbocycles. The Morgan fingerprint density at radius 3 is 2.34 bits per heavy atom. The Morgan fingerprint density at radius 2 is 1.69 bits per heavy atom. The van der Waals surface area contributed by atoms with Crippen molar-refractivity contribution in [3.05, 3.63) is 52.5 Å². The molecule has 1 aliphatic heterocycles. The second kappa shape index (κ2) is 10.5. The fourth-order valence-electron chi connectivity index (χ4n) is 5.24. The summed E-state index contributed by atoms with van der Waals surface area (Å²) in [5.74, 6) is 3.01. The van der Waals surface area contributed by atoms with E-state index in [4.69, 9.17) is 9.97 Å². The van der Waals surface area contributed by atoms with Gasteiger partial charge < -0.3 is 9.80 Å². The van der Waals surface area contributed by atoms with Crippen LogP contribution in [0.2, 0.25) is 0 Å². The van der Waals surface area contributed by atoms with E-state index in [1.807, 2.05) is 6.92 Å². The van der Waals surface area contributed by atoms with Gasteiger partial charge in [0.2, 0.25) is 5.91 Å². The molecule has 2 aliphatic rings. The number of anilines is 1. The highest BCUT2D eigenvalue weighted by atomic mass is 16.2. The standard InChI is InChI=1S/C27H38N4O/c1-4-25-24(19-23-11-9-20(2)10-12-23)27(29-21(3)28-25)31-17-15-30(16-18-31)26(32)14-13-22-7-5-6-8-22/h9-12,22H,4-8,13-19H2,1-3H3. The summed E-state index contributed by atoms with van der Waals surface area (Å²) in [6.45, 7) is 9.55. The van der Waals surface area contributed by atoms with Crippen molar-refractivity contribution in [3.63, 3.8) is 0 Å². The highest BCUT2D eigenvalue weighted by Gasteiger charge is 2.26. The van der Waals surface area contributed by atoms with Gasteiger partial charge in [0.25, 0.3) is 0 Å². The van der Waals surface area contributed by atoms with Gasteiger partial charge in [0, 0.05) is 50.3 Å². The van der Waals surface area contributed by atoms with Crippen molar-refractivity contribution in [1.29, 1.82) is 0 Å². The Balaban J connectivity index is 1.44. The number of piperazine rings is 1. The van der Waals surface area contributed by atoms with Crippen LogP contribution in [0.5, 0.6) is 0 Å². The second-order valence-electron chi connectivity index (χ2n) is 9.59. The lowest BCUT2D eigenvalue weighted by atomic mass is 10.0. The summed E-state index contributed by atoms with van der Waals surface area (Å²) in [5.41, 5.74) is 4.95. The van der Waals surface area contributed by atoms with Gasteiger partial charge in [-0.25, -0.2) is 9.97 Å². The molecule has 1 aromatic heterocycles. The molecule has 0 radical (unpaired) electrons. The first-order valence-electron chi connectivity index (χ1n) is 12.5. The molecule has 5 heteroatoms. The van der Waals surface area contributed by atoms with Gasteiger partial charge in [0.1, 0.15) is 11.6 Å². The highest BCUT2D eigenvalue weighted by molar-refractivity contribution is 5.76. The van der Waals surface area contributed by atoms with Crippen LogP contribution in [0, 0.1) is 19.8 Å². The first-order valence-corrected chi connectivity index (χ1v) is 12.5. The minimum atomic E-state index is 0.338. The third-order valence-electron chi connectivity index (χ3n) is 7.19. The third kappa shape index (κ3) is 5.48. The van der Waals surface area contributed by atoms with Gasteiger partial charge in [-0.15, -0.1) is 0 Å². The Morgan fingerprint density at radius 1 is 1.00 bits per heavy atom. The lowest BCUT2D eigenvalue weighted by Gasteiger charge is -2.37. The summed E-state index contributed by atoms with van der Waals surface area (Å²) in [6.07, 6.45) is 8.87. The van der Waals surface area contributed by atoms with E-state index in [0.29, 0.717) is 5.91 Å². The Labute approximate surface area is 193 Å². The maximum atomic E-state index is 12.8. The molecule has 0 N–H and O–H groups in total. The average Bonchev–Trinajstić information content (AvgIpc) is 3.33. The van der Waals surface area contributed by atoms with Crippen LogP contribution in [0.1, 0.15) is 73.7 Å². The molecule has 2 heterocycles. The zero-order valence-electron chi connectivity index (χ0n) is 20.1. The molecule has 0 atom stereocenters. The van der Waals surface area contributed by atoms with Crippen molar-refractivity contribution in [2.75, 3.05) is 31.1 Å². The van der Waals surface area contributed by atoms with Gasteiger partial charge in [-0.2, -0.15) is 0 Å². The summed E-state index contributed by atoms with van der Waals surface area (Å²) in [5, 5.41) is 0. The molecular weight excluding hydrogens is 396 g/mol. The van der Waals surface area contributed by atoms with Crippen LogP contribution in [0.15, 0.2) is 24.3 Å². The molecule has 1 amide bonds. The van der Waals surface area contributed by atoms with Crippen molar-refractivity contribution in [3.8, 4) is 0 Å². The second-order valence-corrected chi connectivity index (χ2v) is 9.59. The van der Waals surface area contributed by atoms with Crippen LogP contribution in [-0.2, 0) is 17.6 Å². The number of benzene rings is 1. The largest absolute Gasteiger partial charge is 0.353 e. The van der Waals surface area contributed by atoms with Crippen LogP contribution in [0.4, 0.5) is 5.82 Å². The minimum Gasteiger partial charge on any atom is -0.353 e. The van der Waals surface area contributed by atoms with E-state index in [2.05, 4.69) is 47.9 Å². The Bertz CT molecular complexity index is 910. The van der Waals surface area contributed by atoms with Gasteiger partial charge in [-0.1, -0.05) is 62.4 Å². The van der Waals surface area contributed by atoms with Gasteiger partial charge in [0.15, 0.2) is 0 Å². The number of carbonyl (C=O) groups is 1. The molecule has 1 saturated heterocycles. The highest BCUT2D eigenvalue weighted by Crippen LogP contribution is 2.29. The van der Waals surface area contributed by atoms with E-state index in [9.17, 15) is 4.79 Å². The lowest BCUT2D eigenvalue weighted by Crippen LogP contribution is -2.49. The monoisotopic (exact) mass is 434 g/mol. The van der Waals surface area contributed by atoms with Gasteiger partial charge in [-0.05, 0) is 38.2 Å². The molecule has 2 aromatic rings. The maximum Gasteiger partial charge on any atom is 0.222 e. The quantitative estimate of drug-likeness (QED) is 0.624. The first-order chi connectivity index (χ1) is 15.5. The molecule has 2 fully saturated rings. The van der Waals surface area contributed by atoms with Gasteiger partial charge in [0.05, 0.1) is 0 Å². The summed E-state index contributed by atoms with van der Waals surface area (Å²) >= 11 is 0. The third-order valence-corrected chi connectivity index (χ3v) is 7.19. The SMILES string of the molecule is CCc1nc(C)nc(N2CCN(C(=O)CCC3CCCC3)CC2)c1Cc1ccc(C)cc1. The Kier molecular flexibility index (Phi) is 7.44. The average molecular weight is 435 g/mol. The van der Waals surface area contributed by atoms with Crippen LogP contribution in [-0.4, -0.2) is 47.0 Å². The van der Waals surface area contributed by atoms with E-state index >= 15 is 0 Å². The van der Waals surface area contributed by atoms with E-state index in [1.54, 1.807) is 0 Å². The molecule has 1 aromatic carbocycles. The summed E-state index contributed by atoms with van der Waals surface area (Å²) in [7, 11) is 0. The van der Waals surface area contributed by atoms with Crippen molar-refractivity contribution in [2.45, 2.75) is 72.1 Å².